The van der Waals surface area contributed by atoms with Crippen LogP contribution in [-0.4, -0.2) is 25.0 Å². The zero-order valence-electron chi connectivity index (χ0n) is 12.3. The van der Waals surface area contributed by atoms with E-state index in [-0.39, 0.29) is 5.91 Å². The molecule has 0 spiro atoms. The van der Waals surface area contributed by atoms with Crippen LogP contribution < -0.4 is 10.6 Å². The molecule has 1 heterocycles. The van der Waals surface area contributed by atoms with Gasteiger partial charge in [-0.15, -0.1) is 0 Å². The van der Waals surface area contributed by atoms with Crippen molar-refractivity contribution in [3.8, 4) is 0 Å². The molecule has 1 saturated heterocycles. The first-order valence-electron chi connectivity index (χ1n) is 7.61. The molecule has 0 radical (unpaired) electrons. The topological polar surface area (TPSA) is 41.1 Å². The van der Waals surface area contributed by atoms with E-state index in [0.717, 1.165) is 31.8 Å². The van der Waals surface area contributed by atoms with Crippen LogP contribution in [-0.2, 0) is 4.79 Å². The van der Waals surface area contributed by atoms with E-state index in [2.05, 4.69) is 31.4 Å². The number of piperidine rings is 1. The van der Waals surface area contributed by atoms with E-state index in [9.17, 15) is 4.79 Å². The first-order chi connectivity index (χ1) is 8.61. The molecule has 2 N–H and O–H groups in total. The van der Waals surface area contributed by atoms with Crippen molar-refractivity contribution in [3.05, 3.63) is 0 Å². The minimum atomic E-state index is 0.240. The van der Waals surface area contributed by atoms with Gasteiger partial charge in [-0.25, -0.2) is 0 Å². The summed E-state index contributed by atoms with van der Waals surface area (Å²) in [6.45, 7) is 8.82. The minimum absolute atomic E-state index is 0.240. The van der Waals surface area contributed by atoms with E-state index < -0.39 is 0 Å². The van der Waals surface area contributed by atoms with E-state index >= 15 is 0 Å². The van der Waals surface area contributed by atoms with Gasteiger partial charge >= 0.3 is 0 Å². The molecule has 2 atom stereocenters. The molecule has 2 unspecified atom stereocenters. The molecule has 0 bridgehead atoms. The highest BCUT2D eigenvalue weighted by atomic mass is 16.1. The van der Waals surface area contributed by atoms with Crippen molar-refractivity contribution in [2.75, 3.05) is 13.1 Å². The molecule has 18 heavy (non-hydrogen) atoms. The highest BCUT2D eigenvalue weighted by molar-refractivity contribution is 5.76. The summed E-state index contributed by atoms with van der Waals surface area (Å²) in [6.07, 6.45) is 6.51. The summed E-state index contributed by atoms with van der Waals surface area (Å²) >= 11 is 0. The van der Waals surface area contributed by atoms with E-state index in [1.165, 1.54) is 19.3 Å². The van der Waals surface area contributed by atoms with Crippen LogP contribution in [0.3, 0.4) is 0 Å². The molecule has 3 nitrogen and oxygen atoms in total. The summed E-state index contributed by atoms with van der Waals surface area (Å²) in [5.74, 6) is 1.69. The highest BCUT2D eigenvalue weighted by Gasteiger charge is 2.15. The smallest absolute Gasteiger partial charge is 0.220 e. The van der Waals surface area contributed by atoms with E-state index in [0.29, 0.717) is 18.4 Å². The van der Waals surface area contributed by atoms with Crippen LogP contribution in [0, 0.1) is 11.8 Å². The third-order valence-corrected chi connectivity index (χ3v) is 4.10. The van der Waals surface area contributed by atoms with Crippen molar-refractivity contribution in [3.63, 3.8) is 0 Å². The zero-order valence-corrected chi connectivity index (χ0v) is 12.3. The molecule has 3 heteroatoms. The number of carbonyl (C=O) groups is 1. The van der Waals surface area contributed by atoms with Gasteiger partial charge in [0.2, 0.25) is 5.91 Å². The number of hydrogen-bond donors (Lipinski definition) is 2. The van der Waals surface area contributed by atoms with Crippen LogP contribution in [0.15, 0.2) is 0 Å². The zero-order chi connectivity index (χ0) is 13.4. The largest absolute Gasteiger partial charge is 0.354 e. The fraction of sp³-hybridized carbons (Fsp3) is 0.933. The Kier molecular flexibility index (Phi) is 7.33. The summed E-state index contributed by atoms with van der Waals surface area (Å²) < 4.78 is 0. The molecule has 0 aliphatic carbocycles. The van der Waals surface area contributed by atoms with Gasteiger partial charge in [-0.1, -0.05) is 20.3 Å². The molecule has 1 fully saturated rings. The molecule has 0 aromatic heterocycles. The predicted molar refractivity (Wildman–Crippen MR) is 76.5 cm³/mol. The Hall–Kier alpha value is -0.570. The van der Waals surface area contributed by atoms with Crippen LogP contribution in [0.1, 0.15) is 59.3 Å². The average Bonchev–Trinajstić information content (AvgIpc) is 2.37. The number of nitrogens with one attached hydrogen (secondary N) is 2. The van der Waals surface area contributed by atoms with Crippen molar-refractivity contribution in [1.82, 2.24) is 10.6 Å². The Bertz CT molecular complexity index is 237. The van der Waals surface area contributed by atoms with Crippen LogP contribution >= 0.6 is 0 Å². The third-order valence-electron chi connectivity index (χ3n) is 4.10. The SMILES string of the molecule is CCC(C)CC(C)NC(=O)CCC1CCNCC1. The van der Waals surface area contributed by atoms with Crippen molar-refractivity contribution in [2.24, 2.45) is 11.8 Å². The first kappa shape index (κ1) is 15.5. The van der Waals surface area contributed by atoms with Crippen molar-refractivity contribution in [1.29, 1.82) is 0 Å². The highest BCUT2D eigenvalue weighted by Crippen LogP contribution is 2.17. The van der Waals surface area contributed by atoms with Gasteiger partial charge in [-0.3, -0.25) is 4.79 Å². The molecule has 0 aromatic rings. The maximum absolute atomic E-state index is 11.8. The number of amides is 1. The summed E-state index contributed by atoms with van der Waals surface area (Å²) in [7, 11) is 0. The normalized spacial score (nSPS) is 20.4. The number of rotatable bonds is 7. The minimum Gasteiger partial charge on any atom is -0.354 e. The second-order valence-electron chi connectivity index (χ2n) is 5.95. The summed E-state index contributed by atoms with van der Waals surface area (Å²) in [5.41, 5.74) is 0. The molecule has 1 aliphatic heterocycles. The van der Waals surface area contributed by atoms with Crippen molar-refractivity contribution >= 4 is 5.91 Å². The second kappa shape index (κ2) is 8.52. The lowest BCUT2D eigenvalue weighted by Gasteiger charge is -2.23. The third kappa shape index (κ3) is 6.39. The molecule has 1 rings (SSSR count). The average molecular weight is 254 g/mol. The van der Waals surface area contributed by atoms with Crippen LogP contribution in [0.2, 0.25) is 0 Å². The van der Waals surface area contributed by atoms with Gasteiger partial charge in [0.25, 0.3) is 0 Å². The molecule has 1 amide bonds. The maximum atomic E-state index is 11.8. The standard InChI is InChI=1S/C15H30N2O/c1-4-12(2)11-13(3)17-15(18)6-5-14-7-9-16-10-8-14/h12-14,16H,4-11H2,1-3H3,(H,17,18). The molecule has 0 aromatic carbocycles. The Morgan fingerprint density at radius 1 is 1.33 bits per heavy atom. The van der Waals surface area contributed by atoms with Gasteiger partial charge in [0.1, 0.15) is 0 Å². The van der Waals surface area contributed by atoms with Gasteiger partial charge in [-0.2, -0.15) is 0 Å². The number of hydrogen-bond acceptors (Lipinski definition) is 2. The lowest BCUT2D eigenvalue weighted by molar-refractivity contribution is -0.122. The van der Waals surface area contributed by atoms with E-state index in [1.54, 1.807) is 0 Å². The summed E-state index contributed by atoms with van der Waals surface area (Å²) in [6, 6.07) is 0.320. The van der Waals surface area contributed by atoms with Gasteiger partial charge in [-0.05, 0) is 57.5 Å². The quantitative estimate of drug-likeness (QED) is 0.733. The van der Waals surface area contributed by atoms with Crippen LogP contribution in [0.25, 0.3) is 0 Å². The molecule has 0 saturated carbocycles. The van der Waals surface area contributed by atoms with Crippen LogP contribution in [0.4, 0.5) is 0 Å². The maximum Gasteiger partial charge on any atom is 0.220 e. The summed E-state index contributed by atoms with van der Waals surface area (Å²) in [4.78, 5) is 11.8. The summed E-state index contributed by atoms with van der Waals surface area (Å²) in [5, 5.41) is 6.49. The monoisotopic (exact) mass is 254 g/mol. The van der Waals surface area contributed by atoms with Gasteiger partial charge < -0.3 is 10.6 Å². The molecular formula is C15H30N2O. The van der Waals surface area contributed by atoms with Crippen LogP contribution in [0.5, 0.6) is 0 Å². The molecule has 106 valence electrons. The molecule has 1 aliphatic rings. The fourth-order valence-corrected chi connectivity index (χ4v) is 2.68. The Labute approximate surface area is 112 Å². The lowest BCUT2D eigenvalue weighted by atomic mass is 9.93. The van der Waals surface area contributed by atoms with Gasteiger partial charge in [0.05, 0.1) is 0 Å². The number of carbonyl (C=O) groups excluding carboxylic acids is 1. The Balaban J connectivity index is 2.12. The predicted octanol–water partition coefficient (Wildman–Crippen LogP) is 2.71. The van der Waals surface area contributed by atoms with E-state index in [4.69, 9.17) is 0 Å². The van der Waals surface area contributed by atoms with Crippen molar-refractivity contribution in [2.45, 2.75) is 65.3 Å². The van der Waals surface area contributed by atoms with Gasteiger partial charge in [0, 0.05) is 12.5 Å². The van der Waals surface area contributed by atoms with Crippen molar-refractivity contribution < 1.29 is 4.79 Å². The Morgan fingerprint density at radius 2 is 2.00 bits per heavy atom. The second-order valence-corrected chi connectivity index (χ2v) is 5.95. The first-order valence-corrected chi connectivity index (χ1v) is 7.61. The Morgan fingerprint density at radius 3 is 2.61 bits per heavy atom. The van der Waals surface area contributed by atoms with Gasteiger partial charge in [0.15, 0.2) is 0 Å². The fourth-order valence-electron chi connectivity index (χ4n) is 2.68. The lowest BCUT2D eigenvalue weighted by Crippen LogP contribution is -2.34. The van der Waals surface area contributed by atoms with E-state index in [1.807, 2.05) is 0 Å². The molecular weight excluding hydrogens is 224 g/mol.